The van der Waals surface area contributed by atoms with Crippen LogP contribution in [0.25, 0.3) is 0 Å². The van der Waals surface area contributed by atoms with Gasteiger partial charge < -0.3 is 5.21 Å². The lowest BCUT2D eigenvalue weighted by Gasteiger charge is -2.19. The van der Waals surface area contributed by atoms with E-state index in [0.29, 0.717) is 0 Å². The third-order valence-electron chi connectivity index (χ3n) is 1.10. The minimum atomic E-state index is -0.198. The van der Waals surface area contributed by atoms with Crippen LogP contribution in [0.3, 0.4) is 0 Å². The van der Waals surface area contributed by atoms with E-state index in [1.54, 1.807) is 12.1 Å². The predicted octanol–water partition coefficient (Wildman–Crippen LogP) is 0.123. The molecule has 0 heterocycles. The fourth-order valence-corrected chi connectivity index (χ4v) is 0.648. The molecule has 66 valence electrons. The topological polar surface area (TPSA) is 85.6 Å². The monoisotopic (exact) mass is 169 g/mol. The third-order valence-corrected chi connectivity index (χ3v) is 1.10. The zero-order valence-electron chi connectivity index (χ0n) is 6.23. The Morgan fingerprint density at radius 2 is 2.00 bits per heavy atom. The highest BCUT2D eigenvalue weighted by molar-refractivity contribution is 5.40. The molecule has 0 aliphatic heterocycles. The first-order chi connectivity index (χ1) is 5.79. The molecule has 1 rings (SSSR count). The standard InChI is InChI=1S/C6H9N4O2/c7-10(11)12-9-8-6-4-2-1-3-5-6/h1-5,8-9H,7H2/q-1. The second kappa shape index (κ2) is 4.65. The third kappa shape index (κ3) is 3.28. The summed E-state index contributed by atoms with van der Waals surface area (Å²) in [5.41, 5.74) is 5.48. The Morgan fingerprint density at radius 1 is 1.33 bits per heavy atom. The summed E-state index contributed by atoms with van der Waals surface area (Å²) in [6.07, 6.45) is 0. The number of nitrogens with two attached hydrogens (primary N) is 1. The first kappa shape index (κ1) is 8.91. The average Bonchev–Trinajstić information content (AvgIpc) is 2.05. The first-order valence-electron chi connectivity index (χ1n) is 3.24. The molecule has 0 aliphatic rings. The van der Waals surface area contributed by atoms with Gasteiger partial charge in [0.15, 0.2) is 0 Å². The maximum atomic E-state index is 10.0. The van der Waals surface area contributed by atoms with Crippen molar-refractivity contribution in [1.29, 1.82) is 0 Å². The van der Waals surface area contributed by atoms with Gasteiger partial charge in [0.2, 0.25) is 0 Å². The number of anilines is 1. The summed E-state index contributed by atoms with van der Waals surface area (Å²) in [6.45, 7) is 0. The molecule has 0 atom stereocenters. The number of para-hydroxylation sites is 1. The maximum absolute atomic E-state index is 10.0. The van der Waals surface area contributed by atoms with E-state index in [1.807, 2.05) is 18.2 Å². The molecule has 0 radical (unpaired) electrons. The summed E-state index contributed by atoms with van der Waals surface area (Å²) in [4.78, 5) is 4.14. The van der Waals surface area contributed by atoms with Crippen molar-refractivity contribution in [2.75, 3.05) is 5.43 Å². The zero-order valence-corrected chi connectivity index (χ0v) is 6.23. The molecule has 0 saturated carbocycles. The van der Waals surface area contributed by atoms with Crippen LogP contribution in [-0.2, 0) is 4.94 Å². The fraction of sp³-hybridized carbons (Fsp3) is 0. The Morgan fingerprint density at radius 3 is 2.58 bits per heavy atom. The number of benzene rings is 1. The quantitative estimate of drug-likeness (QED) is 0.438. The van der Waals surface area contributed by atoms with E-state index < -0.39 is 0 Å². The van der Waals surface area contributed by atoms with Crippen molar-refractivity contribution in [1.82, 2.24) is 10.9 Å². The van der Waals surface area contributed by atoms with Gasteiger partial charge in [0.05, 0.1) is 5.69 Å². The predicted molar refractivity (Wildman–Crippen MR) is 43.7 cm³/mol. The molecule has 6 heteroatoms. The van der Waals surface area contributed by atoms with Crippen molar-refractivity contribution < 1.29 is 4.94 Å². The van der Waals surface area contributed by atoms with Crippen molar-refractivity contribution in [3.8, 4) is 0 Å². The molecular weight excluding hydrogens is 160 g/mol. The number of nitrogens with zero attached hydrogens (tertiary/aromatic N) is 1. The van der Waals surface area contributed by atoms with Crippen LogP contribution < -0.4 is 16.9 Å². The Balaban J connectivity index is 2.25. The smallest absolute Gasteiger partial charge is 0.0510 e. The summed E-state index contributed by atoms with van der Waals surface area (Å²) < 4.78 is 0. The van der Waals surface area contributed by atoms with Gasteiger partial charge in [-0.2, -0.15) is 10.3 Å². The normalized spacial score (nSPS) is 10.2. The highest BCUT2D eigenvalue weighted by Crippen LogP contribution is 2.02. The van der Waals surface area contributed by atoms with Gasteiger partial charge in [-0.05, 0) is 12.1 Å². The van der Waals surface area contributed by atoms with Gasteiger partial charge in [0.25, 0.3) is 0 Å². The van der Waals surface area contributed by atoms with E-state index >= 15 is 0 Å². The summed E-state index contributed by atoms with van der Waals surface area (Å²) in [6, 6.07) is 9.13. The van der Waals surface area contributed by atoms with E-state index in [1.165, 1.54) is 0 Å². The number of hydrogen-bond acceptors (Lipinski definition) is 6. The molecule has 0 bridgehead atoms. The van der Waals surface area contributed by atoms with E-state index in [0.717, 1.165) is 5.69 Å². The zero-order chi connectivity index (χ0) is 8.81. The van der Waals surface area contributed by atoms with E-state index in [4.69, 9.17) is 0 Å². The number of hydrazine groups is 2. The Kier molecular flexibility index (Phi) is 3.45. The van der Waals surface area contributed by atoms with Crippen LogP contribution in [0.2, 0.25) is 0 Å². The number of nitrogens with one attached hydrogen (secondary N) is 2. The second-order valence-corrected chi connectivity index (χ2v) is 1.97. The summed E-state index contributed by atoms with van der Waals surface area (Å²) >= 11 is 0. The molecule has 0 saturated heterocycles. The van der Waals surface area contributed by atoms with Gasteiger partial charge in [-0.3, -0.25) is 11.3 Å². The minimum Gasteiger partial charge on any atom is -0.747 e. The van der Waals surface area contributed by atoms with Crippen LogP contribution in [0.1, 0.15) is 0 Å². The molecule has 0 aromatic heterocycles. The van der Waals surface area contributed by atoms with Crippen LogP contribution in [-0.4, -0.2) is 5.34 Å². The highest BCUT2D eigenvalue weighted by atomic mass is 17.0. The lowest BCUT2D eigenvalue weighted by Crippen LogP contribution is -2.34. The van der Waals surface area contributed by atoms with Gasteiger partial charge >= 0.3 is 0 Å². The number of hydrogen-bond donors (Lipinski definition) is 3. The molecule has 4 N–H and O–H groups in total. The van der Waals surface area contributed by atoms with Crippen molar-refractivity contribution in [2.24, 2.45) is 5.84 Å². The van der Waals surface area contributed by atoms with Crippen molar-refractivity contribution in [3.05, 3.63) is 35.5 Å². The maximum Gasteiger partial charge on any atom is 0.0510 e. The van der Waals surface area contributed by atoms with Crippen molar-refractivity contribution >= 4 is 5.69 Å². The Bertz CT molecular complexity index is 216. The molecule has 0 fully saturated rings. The molecule has 6 nitrogen and oxygen atoms in total. The molecular formula is C6H9N4O2-. The molecule has 0 amide bonds. The van der Waals surface area contributed by atoms with E-state index in [2.05, 4.69) is 21.8 Å². The van der Waals surface area contributed by atoms with E-state index in [9.17, 15) is 5.21 Å². The van der Waals surface area contributed by atoms with E-state index in [-0.39, 0.29) is 5.34 Å². The molecule has 1 aromatic carbocycles. The largest absolute Gasteiger partial charge is 0.747 e. The molecule has 0 unspecified atom stereocenters. The van der Waals surface area contributed by atoms with Crippen molar-refractivity contribution in [2.45, 2.75) is 0 Å². The summed E-state index contributed by atoms with van der Waals surface area (Å²) in [7, 11) is 0. The second-order valence-electron chi connectivity index (χ2n) is 1.97. The van der Waals surface area contributed by atoms with Crippen LogP contribution in [0, 0.1) is 5.21 Å². The van der Waals surface area contributed by atoms with Gasteiger partial charge in [-0.15, -0.1) is 0 Å². The van der Waals surface area contributed by atoms with Crippen LogP contribution >= 0.6 is 0 Å². The molecule has 0 spiro atoms. The van der Waals surface area contributed by atoms with Crippen LogP contribution in [0.5, 0.6) is 0 Å². The number of rotatable bonds is 4. The van der Waals surface area contributed by atoms with Crippen LogP contribution in [0.15, 0.2) is 30.3 Å². The molecule has 12 heavy (non-hydrogen) atoms. The highest BCUT2D eigenvalue weighted by Gasteiger charge is 1.86. The summed E-state index contributed by atoms with van der Waals surface area (Å²) in [5, 5.41) is 9.81. The average molecular weight is 169 g/mol. The summed E-state index contributed by atoms with van der Waals surface area (Å²) in [5.74, 6) is 4.61. The Labute approximate surface area is 69.3 Å². The van der Waals surface area contributed by atoms with Gasteiger partial charge in [0.1, 0.15) is 0 Å². The van der Waals surface area contributed by atoms with Gasteiger partial charge in [-0.1, -0.05) is 23.8 Å². The van der Waals surface area contributed by atoms with Gasteiger partial charge in [0, 0.05) is 0 Å². The Hall–Kier alpha value is -1.18. The first-order valence-corrected chi connectivity index (χ1v) is 3.24. The molecule has 1 aromatic rings. The van der Waals surface area contributed by atoms with Gasteiger partial charge in [-0.25, -0.2) is 0 Å². The minimum absolute atomic E-state index is 0.198. The van der Waals surface area contributed by atoms with Crippen molar-refractivity contribution in [3.63, 3.8) is 0 Å². The SMILES string of the molecule is NN([O-])ONNc1ccccc1. The fourth-order valence-electron chi connectivity index (χ4n) is 0.648. The lowest BCUT2D eigenvalue weighted by molar-refractivity contribution is -0.172. The van der Waals surface area contributed by atoms with Crippen LogP contribution in [0.4, 0.5) is 5.69 Å². The lowest BCUT2D eigenvalue weighted by atomic mass is 10.3. The molecule has 0 aliphatic carbocycles.